The molecule has 4 heteroatoms. The van der Waals surface area contributed by atoms with Crippen molar-refractivity contribution in [2.24, 2.45) is 5.92 Å². The molecule has 0 spiro atoms. The number of halogens is 1. The highest BCUT2D eigenvalue weighted by Gasteiger charge is 2.26. The van der Waals surface area contributed by atoms with Crippen molar-refractivity contribution in [2.75, 3.05) is 6.61 Å². The van der Waals surface area contributed by atoms with E-state index in [0.29, 0.717) is 5.92 Å². The standard InChI is InChI=1S/C15H19BrO3/c1-15(2,8-14(17)18)11-5-12(16)7-13(6-11)19-9-10-3-4-10/h5-7,10H,3-4,8-9H2,1-2H3,(H,17,18). The Labute approximate surface area is 122 Å². The fourth-order valence-electron chi connectivity index (χ4n) is 2.02. The number of aliphatic carboxylic acids is 1. The van der Waals surface area contributed by atoms with Gasteiger partial charge in [-0.25, -0.2) is 0 Å². The first-order valence-corrected chi connectivity index (χ1v) is 7.32. The Morgan fingerprint density at radius 3 is 2.68 bits per heavy atom. The van der Waals surface area contributed by atoms with E-state index in [1.165, 1.54) is 12.8 Å². The van der Waals surface area contributed by atoms with E-state index in [-0.39, 0.29) is 6.42 Å². The molecule has 1 aliphatic rings. The molecule has 1 saturated carbocycles. The van der Waals surface area contributed by atoms with E-state index in [2.05, 4.69) is 15.9 Å². The third-order valence-corrected chi connectivity index (χ3v) is 3.89. The molecule has 3 nitrogen and oxygen atoms in total. The molecule has 1 N–H and O–H groups in total. The minimum Gasteiger partial charge on any atom is -0.493 e. The smallest absolute Gasteiger partial charge is 0.304 e. The lowest BCUT2D eigenvalue weighted by Gasteiger charge is -2.24. The van der Waals surface area contributed by atoms with Gasteiger partial charge in [0.15, 0.2) is 0 Å². The largest absolute Gasteiger partial charge is 0.493 e. The lowest BCUT2D eigenvalue weighted by atomic mass is 9.81. The van der Waals surface area contributed by atoms with Gasteiger partial charge in [-0.1, -0.05) is 29.8 Å². The van der Waals surface area contributed by atoms with Crippen molar-refractivity contribution in [3.63, 3.8) is 0 Å². The fraction of sp³-hybridized carbons (Fsp3) is 0.533. The first-order chi connectivity index (χ1) is 8.87. The van der Waals surface area contributed by atoms with E-state index in [4.69, 9.17) is 9.84 Å². The number of carboxylic acid groups (broad SMARTS) is 1. The van der Waals surface area contributed by atoms with Gasteiger partial charge < -0.3 is 9.84 Å². The lowest BCUT2D eigenvalue weighted by molar-refractivity contribution is -0.138. The van der Waals surface area contributed by atoms with Gasteiger partial charge in [0.2, 0.25) is 0 Å². The Balaban J connectivity index is 2.16. The maximum atomic E-state index is 10.9. The second-order valence-corrected chi connectivity index (χ2v) is 6.80. The van der Waals surface area contributed by atoms with Gasteiger partial charge in [0, 0.05) is 9.89 Å². The molecule has 1 aromatic rings. The van der Waals surface area contributed by atoms with Crippen LogP contribution in [0.25, 0.3) is 0 Å². The molecular weight excluding hydrogens is 308 g/mol. The van der Waals surface area contributed by atoms with Crippen LogP contribution in [0.2, 0.25) is 0 Å². The number of rotatable bonds is 6. The van der Waals surface area contributed by atoms with Crippen molar-refractivity contribution in [2.45, 2.75) is 38.5 Å². The average Bonchev–Trinajstić information content (AvgIpc) is 3.07. The third kappa shape index (κ3) is 4.23. The molecule has 0 saturated heterocycles. The summed E-state index contributed by atoms with van der Waals surface area (Å²) in [6.45, 7) is 4.64. The van der Waals surface area contributed by atoms with Gasteiger partial charge in [-0.05, 0) is 42.5 Å². The highest BCUT2D eigenvalue weighted by molar-refractivity contribution is 9.10. The predicted molar refractivity (Wildman–Crippen MR) is 77.6 cm³/mol. The summed E-state index contributed by atoms with van der Waals surface area (Å²) >= 11 is 3.47. The van der Waals surface area contributed by atoms with E-state index in [9.17, 15) is 4.79 Å². The third-order valence-electron chi connectivity index (χ3n) is 3.43. The van der Waals surface area contributed by atoms with Crippen molar-refractivity contribution in [3.05, 3.63) is 28.2 Å². The summed E-state index contributed by atoms with van der Waals surface area (Å²) in [5.74, 6) is 0.731. The molecule has 0 unspecified atom stereocenters. The zero-order valence-electron chi connectivity index (χ0n) is 11.3. The van der Waals surface area contributed by atoms with Crippen molar-refractivity contribution in [1.82, 2.24) is 0 Å². The maximum Gasteiger partial charge on any atom is 0.304 e. The molecule has 1 aliphatic carbocycles. The predicted octanol–water partition coefficient (Wildman–Crippen LogP) is 3.99. The SMILES string of the molecule is CC(C)(CC(=O)O)c1cc(Br)cc(OCC2CC2)c1. The van der Waals surface area contributed by atoms with E-state index in [0.717, 1.165) is 22.4 Å². The monoisotopic (exact) mass is 326 g/mol. The van der Waals surface area contributed by atoms with Crippen LogP contribution in [0.15, 0.2) is 22.7 Å². The second kappa shape index (κ2) is 5.53. The minimum absolute atomic E-state index is 0.103. The number of benzene rings is 1. The van der Waals surface area contributed by atoms with Crippen LogP contribution < -0.4 is 4.74 Å². The summed E-state index contributed by atoms with van der Waals surface area (Å²) in [5.41, 5.74) is 0.572. The maximum absolute atomic E-state index is 10.9. The first kappa shape index (κ1) is 14.4. The van der Waals surface area contributed by atoms with Gasteiger partial charge >= 0.3 is 5.97 Å². The number of hydrogen-bond acceptors (Lipinski definition) is 2. The highest BCUT2D eigenvalue weighted by atomic mass is 79.9. The van der Waals surface area contributed by atoms with Crippen LogP contribution in [0.1, 0.15) is 38.7 Å². The number of ether oxygens (including phenoxy) is 1. The summed E-state index contributed by atoms with van der Waals surface area (Å²) in [6.07, 6.45) is 2.61. The Hall–Kier alpha value is -1.03. The Bertz CT molecular complexity index is 478. The normalized spacial score (nSPS) is 15.3. The zero-order chi connectivity index (χ0) is 14.0. The van der Waals surface area contributed by atoms with Crippen LogP contribution in [0, 0.1) is 5.92 Å². The molecule has 1 aromatic carbocycles. The molecule has 1 fully saturated rings. The van der Waals surface area contributed by atoms with E-state index in [1.807, 2.05) is 32.0 Å². The quantitative estimate of drug-likeness (QED) is 0.859. The van der Waals surface area contributed by atoms with E-state index in [1.54, 1.807) is 0 Å². The molecule has 104 valence electrons. The van der Waals surface area contributed by atoms with Gasteiger partial charge in [-0.2, -0.15) is 0 Å². The number of carbonyl (C=O) groups is 1. The molecule has 0 aromatic heterocycles. The van der Waals surface area contributed by atoms with Gasteiger partial charge in [-0.3, -0.25) is 4.79 Å². The molecule has 0 aliphatic heterocycles. The van der Waals surface area contributed by atoms with Crippen LogP contribution >= 0.6 is 15.9 Å². The summed E-state index contributed by atoms with van der Waals surface area (Å²) < 4.78 is 6.70. The van der Waals surface area contributed by atoms with E-state index >= 15 is 0 Å². The van der Waals surface area contributed by atoms with Crippen LogP contribution in [0.3, 0.4) is 0 Å². The van der Waals surface area contributed by atoms with Gasteiger partial charge in [0.1, 0.15) is 5.75 Å². The molecule has 19 heavy (non-hydrogen) atoms. The minimum atomic E-state index is -0.787. The fourth-order valence-corrected chi connectivity index (χ4v) is 2.49. The van der Waals surface area contributed by atoms with Gasteiger partial charge in [0.05, 0.1) is 13.0 Å². The number of carboxylic acids is 1. The Kier molecular flexibility index (Phi) is 4.19. The summed E-state index contributed by atoms with van der Waals surface area (Å²) in [6, 6.07) is 5.85. The van der Waals surface area contributed by atoms with Crippen molar-refractivity contribution < 1.29 is 14.6 Å². The van der Waals surface area contributed by atoms with Crippen LogP contribution in [-0.2, 0) is 10.2 Å². The highest BCUT2D eigenvalue weighted by Crippen LogP contribution is 2.34. The molecule has 2 rings (SSSR count). The van der Waals surface area contributed by atoms with Crippen molar-refractivity contribution >= 4 is 21.9 Å². The Morgan fingerprint density at radius 2 is 2.11 bits per heavy atom. The summed E-state index contributed by atoms with van der Waals surface area (Å²) in [7, 11) is 0. The van der Waals surface area contributed by atoms with Crippen LogP contribution in [-0.4, -0.2) is 17.7 Å². The van der Waals surface area contributed by atoms with E-state index < -0.39 is 11.4 Å². The zero-order valence-corrected chi connectivity index (χ0v) is 12.9. The summed E-state index contributed by atoms with van der Waals surface area (Å²) in [5, 5.41) is 8.99. The molecule has 0 atom stereocenters. The molecule has 0 heterocycles. The van der Waals surface area contributed by atoms with Crippen molar-refractivity contribution in [3.8, 4) is 5.75 Å². The lowest BCUT2D eigenvalue weighted by Crippen LogP contribution is -2.21. The van der Waals surface area contributed by atoms with Gasteiger partial charge in [-0.15, -0.1) is 0 Å². The van der Waals surface area contributed by atoms with Crippen molar-refractivity contribution in [1.29, 1.82) is 0 Å². The Morgan fingerprint density at radius 1 is 1.42 bits per heavy atom. The number of hydrogen-bond donors (Lipinski definition) is 1. The first-order valence-electron chi connectivity index (χ1n) is 6.52. The topological polar surface area (TPSA) is 46.5 Å². The van der Waals surface area contributed by atoms with Crippen LogP contribution in [0.5, 0.6) is 5.75 Å². The average molecular weight is 327 g/mol. The van der Waals surface area contributed by atoms with Crippen LogP contribution in [0.4, 0.5) is 0 Å². The van der Waals surface area contributed by atoms with Gasteiger partial charge in [0.25, 0.3) is 0 Å². The molecule has 0 bridgehead atoms. The second-order valence-electron chi connectivity index (χ2n) is 5.88. The molecule has 0 radical (unpaired) electrons. The summed E-state index contributed by atoms with van der Waals surface area (Å²) in [4.78, 5) is 10.9. The molecule has 0 amide bonds. The molecular formula is C15H19BrO3.